The molecule has 2 aromatic carbocycles. The maximum atomic E-state index is 12.1. The fourth-order valence-corrected chi connectivity index (χ4v) is 2.36. The summed E-state index contributed by atoms with van der Waals surface area (Å²) in [7, 11) is 0. The van der Waals surface area contributed by atoms with Crippen LogP contribution in [0.15, 0.2) is 41.5 Å². The van der Waals surface area contributed by atoms with E-state index in [4.69, 9.17) is 14.2 Å². The van der Waals surface area contributed by atoms with Crippen molar-refractivity contribution in [3.63, 3.8) is 0 Å². The number of benzene rings is 2. The topological polar surface area (TPSA) is 112 Å². The normalized spacial score (nSPS) is 12.2. The van der Waals surface area contributed by atoms with Crippen LogP contribution in [0.1, 0.15) is 29.3 Å². The molecule has 0 unspecified atom stereocenters. The Labute approximate surface area is 154 Å². The fraction of sp³-hybridized carbons (Fsp3) is 0.222. The molecular formula is C18H17N3O6. The van der Waals surface area contributed by atoms with Crippen molar-refractivity contribution in [2.45, 2.75) is 13.3 Å². The summed E-state index contributed by atoms with van der Waals surface area (Å²) >= 11 is 0. The van der Waals surface area contributed by atoms with Crippen molar-refractivity contribution in [3.05, 3.63) is 57.6 Å². The van der Waals surface area contributed by atoms with E-state index in [9.17, 15) is 14.9 Å². The first-order valence-electron chi connectivity index (χ1n) is 8.22. The Bertz CT molecular complexity index is 879. The van der Waals surface area contributed by atoms with E-state index >= 15 is 0 Å². The van der Waals surface area contributed by atoms with Crippen LogP contribution >= 0.6 is 0 Å². The summed E-state index contributed by atoms with van der Waals surface area (Å²) in [6.07, 6.45) is 2.08. The molecule has 9 nitrogen and oxygen atoms in total. The number of nitrogens with zero attached hydrogens (tertiary/aromatic N) is 2. The summed E-state index contributed by atoms with van der Waals surface area (Å²) in [6, 6.07) is 9.31. The molecule has 0 saturated heterocycles. The van der Waals surface area contributed by atoms with Crippen LogP contribution in [0.5, 0.6) is 17.2 Å². The van der Waals surface area contributed by atoms with Crippen LogP contribution in [0.3, 0.4) is 0 Å². The zero-order chi connectivity index (χ0) is 19.2. The highest BCUT2D eigenvalue weighted by Gasteiger charge is 2.22. The Hall–Kier alpha value is -3.62. The zero-order valence-electron chi connectivity index (χ0n) is 14.5. The van der Waals surface area contributed by atoms with Gasteiger partial charge >= 0.3 is 0 Å². The summed E-state index contributed by atoms with van der Waals surface area (Å²) < 4.78 is 15.8. The van der Waals surface area contributed by atoms with Gasteiger partial charge in [-0.3, -0.25) is 14.9 Å². The van der Waals surface area contributed by atoms with E-state index in [1.165, 1.54) is 18.3 Å². The monoisotopic (exact) mass is 371 g/mol. The van der Waals surface area contributed by atoms with E-state index in [2.05, 4.69) is 10.5 Å². The van der Waals surface area contributed by atoms with E-state index in [1.807, 2.05) is 6.92 Å². The molecule has 27 heavy (non-hydrogen) atoms. The molecule has 1 heterocycles. The number of hydrogen-bond acceptors (Lipinski definition) is 7. The van der Waals surface area contributed by atoms with Crippen molar-refractivity contribution in [2.75, 3.05) is 13.4 Å². The molecule has 140 valence electrons. The van der Waals surface area contributed by atoms with Crippen LogP contribution in [0.25, 0.3) is 0 Å². The Kier molecular flexibility index (Phi) is 5.50. The molecule has 1 amide bonds. The molecule has 3 rings (SSSR count). The van der Waals surface area contributed by atoms with Crippen LogP contribution in [0.2, 0.25) is 0 Å². The third-order valence-electron chi connectivity index (χ3n) is 3.68. The van der Waals surface area contributed by atoms with E-state index < -0.39 is 10.8 Å². The number of carbonyl (C=O) groups is 1. The van der Waals surface area contributed by atoms with Crippen molar-refractivity contribution in [2.24, 2.45) is 5.10 Å². The summed E-state index contributed by atoms with van der Waals surface area (Å²) in [4.78, 5) is 22.8. The van der Waals surface area contributed by atoms with Gasteiger partial charge in [0.15, 0.2) is 11.5 Å². The molecule has 0 radical (unpaired) electrons. The van der Waals surface area contributed by atoms with Gasteiger partial charge in [0.05, 0.1) is 29.4 Å². The minimum Gasteiger partial charge on any atom is -0.494 e. The second-order valence-corrected chi connectivity index (χ2v) is 5.59. The van der Waals surface area contributed by atoms with Crippen LogP contribution in [0.4, 0.5) is 5.69 Å². The van der Waals surface area contributed by atoms with Gasteiger partial charge < -0.3 is 14.2 Å². The molecule has 0 fully saturated rings. The molecule has 0 spiro atoms. The van der Waals surface area contributed by atoms with E-state index in [0.717, 1.165) is 6.42 Å². The number of rotatable bonds is 7. The molecule has 1 aliphatic heterocycles. The minimum absolute atomic E-state index is 0.00177. The minimum atomic E-state index is -0.555. The zero-order valence-corrected chi connectivity index (χ0v) is 14.5. The molecule has 0 aliphatic carbocycles. The van der Waals surface area contributed by atoms with Gasteiger partial charge in [0.1, 0.15) is 5.75 Å². The lowest BCUT2D eigenvalue weighted by molar-refractivity contribution is -0.385. The van der Waals surface area contributed by atoms with Gasteiger partial charge in [-0.15, -0.1) is 0 Å². The molecule has 0 saturated carbocycles. The largest absolute Gasteiger partial charge is 0.494 e. The first-order chi connectivity index (χ1) is 13.1. The molecular weight excluding hydrogens is 354 g/mol. The lowest BCUT2D eigenvalue weighted by Gasteiger charge is -2.05. The van der Waals surface area contributed by atoms with Crippen molar-refractivity contribution in [3.8, 4) is 17.2 Å². The van der Waals surface area contributed by atoms with Crippen molar-refractivity contribution in [1.82, 2.24) is 5.43 Å². The molecule has 1 aliphatic rings. The number of carbonyl (C=O) groups excluding carboxylic acids is 1. The Morgan fingerprint density at radius 2 is 2.00 bits per heavy atom. The highest BCUT2D eigenvalue weighted by molar-refractivity contribution is 5.95. The highest BCUT2D eigenvalue weighted by atomic mass is 16.7. The number of nitro groups is 1. The number of nitro benzene ring substituents is 1. The first-order valence-corrected chi connectivity index (χ1v) is 8.22. The number of hydrazone groups is 1. The maximum Gasteiger partial charge on any atom is 0.282 e. The Morgan fingerprint density at radius 3 is 2.67 bits per heavy atom. The van der Waals surface area contributed by atoms with Gasteiger partial charge in [0, 0.05) is 5.56 Å². The first kappa shape index (κ1) is 18.2. The van der Waals surface area contributed by atoms with Crippen molar-refractivity contribution >= 4 is 17.8 Å². The van der Waals surface area contributed by atoms with Crippen LogP contribution < -0.4 is 19.6 Å². The second kappa shape index (κ2) is 8.17. The van der Waals surface area contributed by atoms with Crippen molar-refractivity contribution < 1.29 is 23.9 Å². The Balaban J connectivity index is 1.68. The average Bonchev–Trinajstić information content (AvgIpc) is 3.13. The van der Waals surface area contributed by atoms with Gasteiger partial charge in [-0.05, 0) is 36.8 Å². The van der Waals surface area contributed by atoms with E-state index in [0.29, 0.717) is 29.4 Å². The van der Waals surface area contributed by atoms with Gasteiger partial charge in [0.2, 0.25) is 6.79 Å². The standard InChI is InChI=1S/C18H17N3O6/c1-2-7-25-14-5-3-12(4-6-14)18(22)20-19-10-13-8-16-17(27-11-26-16)9-15(13)21(23)24/h3-6,8-10H,2,7,11H2,1H3,(H,20,22)/b19-10-. The van der Waals surface area contributed by atoms with Gasteiger partial charge in [-0.2, -0.15) is 5.10 Å². The predicted molar refractivity (Wildman–Crippen MR) is 96.5 cm³/mol. The smallest absolute Gasteiger partial charge is 0.282 e. The maximum absolute atomic E-state index is 12.1. The number of amides is 1. The molecule has 9 heteroatoms. The summed E-state index contributed by atoms with van der Waals surface area (Å²) in [6.45, 7) is 2.61. The van der Waals surface area contributed by atoms with Crippen LogP contribution in [-0.2, 0) is 0 Å². The quantitative estimate of drug-likeness (QED) is 0.455. The SMILES string of the molecule is CCCOc1ccc(C(=O)N/N=C\c2cc3c(cc2[N+](=O)[O-])OCO3)cc1. The molecule has 1 N–H and O–H groups in total. The highest BCUT2D eigenvalue weighted by Crippen LogP contribution is 2.37. The number of nitrogens with one attached hydrogen (secondary N) is 1. The Morgan fingerprint density at radius 1 is 1.30 bits per heavy atom. The molecule has 2 aromatic rings. The third-order valence-corrected chi connectivity index (χ3v) is 3.68. The number of fused-ring (bicyclic) bond motifs is 1. The molecule has 0 aromatic heterocycles. The summed E-state index contributed by atoms with van der Waals surface area (Å²) in [5.74, 6) is 0.911. The lowest BCUT2D eigenvalue weighted by Crippen LogP contribution is -2.17. The predicted octanol–water partition coefficient (Wildman–Crippen LogP) is 2.88. The fourth-order valence-electron chi connectivity index (χ4n) is 2.36. The number of hydrogen-bond donors (Lipinski definition) is 1. The summed E-state index contributed by atoms with van der Waals surface area (Å²) in [5.41, 5.74) is 2.71. The van der Waals surface area contributed by atoms with Gasteiger partial charge in [-0.1, -0.05) is 6.92 Å². The van der Waals surface area contributed by atoms with E-state index in [-0.39, 0.29) is 18.0 Å². The lowest BCUT2D eigenvalue weighted by atomic mass is 10.1. The van der Waals surface area contributed by atoms with E-state index in [1.54, 1.807) is 24.3 Å². The van der Waals surface area contributed by atoms with Gasteiger partial charge in [0.25, 0.3) is 11.6 Å². The molecule has 0 atom stereocenters. The summed E-state index contributed by atoms with van der Waals surface area (Å²) in [5, 5.41) is 15.0. The number of ether oxygens (including phenoxy) is 3. The average molecular weight is 371 g/mol. The van der Waals surface area contributed by atoms with Crippen LogP contribution in [-0.4, -0.2) is 30.4 Å². The molecule has 0 bridgehead atoms. The third kappa shape index (κ3) is 4.32. The second-order valence-electron chi connectivity index (χ2n) is 5.59. The van der Waals surface area contributed by atoms with Crippen LogP contribution in [0, 0.1) is 10.1 Å². The van der Waals surface area contributed by atoms with Crippen molar-refractivity contribution in [1.29, 1.82) is 0 Å². The van der Waals surface area contributed by atoms with Gasteiger partial charge in [-0.25, -0.2) is 5.43 Å².